The standard InChI is InChI=1S/C17H15F2N3O2S/c18-10-1-2-13(20-8-10)15(22-3-5-24-6-4-22)11-7-12(19)17-14(16(11)23)21-9-25-17/h1-2,7-9,15,23H,3-6H2. The number of thiazole rings is 1. The highest BCUT2D eigenvalue weighted by atomic mass is 32.1. The molecule has 25 heavy (non-hydrogen) atoms. The molecule has 3 heterocycles. The van der Waals surface area contributed by atoms with Gasteiger partial charge in [0.25, 0.3) is 0 Å². The van der Waals surface area contributed by atoms with Crippen LogP contribution in [0, 0.1) is 11.6 Å². The number of morpholine rings is 1. The van der Waals surface area contributed by atoms with E-state index in [0.717, 1.165) is 17.5 Å². The number of fused-ring (bicyclic) bond motifs is 1. The van der Waals surface area contributed by atoms with Crippen LogP contribution in [0.4, 0.5) is 8.78 Å². The number of aromatic hydroxyl groups is 1. The molecule has 2 aromatic heterocycles. The molecule has 1 saturated heterocycles. The zero-order valence-corrected chi connectivity index (χ0v) is 14.0. The van der Waals surface area contributed by atoms with Crippen LogP contribution >= 0.6 is 11.3 Å². The van der Waals surface area contributed by atoms with Crippen molar-refractivity contribution in [1.29, 1.82) is 0 Å². The minimum atomic E-state index is -0.509. The minimum absolute atomic E-state index is 0.0692. The molecule has 1 aliphatic heterocycles. The highest BCUT2D eigenvalue weighted by molar-refractivity contribution is 7.16. The Kier molecular flexibility index (Phi) is 4.32. The molecule has 1 unspecified atom stereocenters. The Morgan fingerprint density at radius 3 is 2.72 bits per heavy atom. The van der Waals surface area contributed by atoms with Gasteiger partial charge in [-0.3, -0.25) is 9.88 Å². The van der Waals surface area contributed by atoms with Crippen molar-refractivity contribution in [1.82, 2.24) is 14.9 Å². The Bertz CT molecular complexity index is 895. The maximum Gasteiger partial charge on any atom is 0.148 e. The summed E-state index contributed by atoms with van der Waals surface area (Å²) in [6, 6.07) is 3.67. The van der Waals surface area contributed by atoms with Gasteiger partial charge in [0, 0.05) is 18.7 Å². The molecule has 3 aromatic rings. The molecule has 0 spiro atoms. The average molecular weight is 363 g/mol. The number of ether oxygens (including phenoxy) is 1. The van der Waals surface area contributed by atoms with E-state index in [4.69, 9.17) is 4.74 Å². The van der Waals surface area contributed by atoms with Crippen LogP contribution in [0.15, 0.2) is 29.9 Å². The number of rotatable bonds is 3. The second kappa shape index (κ2) is 6.62. The van der Waals surface area contributed by atoms with Crippen molar-refractivity contribution in [3.8, 4) is 5.75 Å². The van der Waals surface area contributed by atoms with Crippen molar-refractivity contribution < 1.29 is 18.6 Å². The smallest absolute Gasteiger partial charge is 0.148 e. The normalized spacial score (nSPS) is 17.0. The molecule has 0 saturated carbocycles. The van der Waals surface area contributed by atoms with Gasteiger partial charge in [0.15, 0.2) is 0 Å². The minimum Gasteiger partial charge on any atom is -0.505 e. The monoisotopic (exact) mass is 363 g/mol. The van der Waals surface area contributed by atoms with Crippen molar-refractivity contribution >= 4 is 21.6 Å². The fraction of sp³-hybridized carbons (Fsp3) is 0.294. The first-order valence-corrected chi connectivity index (χ1v) is 8.71. The predicted molar refractivity (Wildman–Crippen MR) is 89.7 cm³/mol. The second-order valence-corrected chi connectivity index (χ2v) is 6.63. The first-order valence-electron chi connectivity index (χ1n) is 7.83. The first kappa shape index (κ1) is 16.3. The van der Waals surface area contributed by atoms with E-state index in [1.54, 1.807) is 6.07 Å². The summed E-state index contributed by atoms with van der Waals surface area (Å²) >= 11 is 1.14. The van der Waals surface area contributed by atoms with Gasteiger partial charge in [-0.25, -0.2) is 13.8 Å². The van der Waals surface area contributed by atoms with E-state index in [0.29, 0.717) is 42.3 Å². The van der Waals surface area contributed by atoms with Crippen LogP contribution < -0.4 is 0 Å². The Labute approximate surface area is 146 Å². The van der Waals surface area contributed by atoms with Crippen LogP contribution in [-0.2, 0) is 4.74 Å². The van der Waals surface area contributed by atoms with Gasteiger partial charge in [-0.05, 0) is 18.2 Å². The van der Waals surface area contributed by atoms with Crippen LogP contribution in [-0.4, -0.2) is 46.3 Å². The summed E-state index contributed by atoms with van der Waals surface area (Å²) in [4.78, 5) is 10.3. The number of hydrogen-bond donors (Lipinski definition) is 1. The zero-order chi connectivity index (χ0) is 17.4. The van der Waals surface area contributed by atoms with Gasteiger partial charge < -0.3 is 9.84 Å². The number of phenolic OH excluding ortho intramolecular Hbond substituents is 1. The quantitative estimate of drug-likeness (QED) is 0.775. The lowest BCUT2D eigenvalue weighted by atomic mass is 9.99. The molecule has 0 bridgehead atoms. The molecule has 8 heteroatoms. The second-order valence-electron chi connectivity index (χ2n) is 5.78. The summed E-state index contributed by atoms with van der Waals surface area (Å²) in [7, 11) is 0. The third-order valence-electron chi connectivity index (χ3n) is 4.30. The Morgan fingerprint density at radius 2 is 2.00 bits per heavy atom. The van der Waals surface area contributed by atoms with E-state index in [1.165, 1.54) is 17.6 Å². The van der Waals surface area contributed by atoms with Gasteiger partial charge in [-0.15, -0.1) is 11.3 Å². The van der Waals surface area contributed by atoms with E-state index < -0.39 is 17.7 Å². The highest BCUT2D eigenvalue weighted by Crippen LogP contribution is 2.40. The zero-order valence-electron chi connectivity index (χ0n) is 13.2. The SMILES string of the molecule is Oc1c(C(c2ccc(F)cn2)N2CCOCC2)cc(F)c2scnc12. The first-order chi connectivity index (χ1) is 12.1. The molecular weight excluding hydrogens is 348 g/mol. The van der Waals surface area contributed by atoms with Crippen LogP contribution in [0.3, 0.4) is 0 Å². The summed E-state index contributed by atoms with van der Waals surface area (Å²) in [5.74, 6) is -0.958. The largest absolute Gasteiger partial charge is 0.505 e. The molecule has 4 rings (SSSR count). The van der Waals surface area contributed by atoms with Gasteiger partial charge in [-0.2, -0.15) is 0 Å². The third-order valence-corrected chi connectivity index (χ3v) is 5.14. The molecule has 5 nitrogen and oxygen atoms in total. The van der Waals surface area contributed by atoms with E-state index in [-0.39, 0.29) is 11.3 Å². The Hall–Kier alpha value is -2.16. The van der Waals surface area contributed by atoms with Crippen LogP contribution in [0.5, 0.6) is 5.75 Å². The maximum atomic E-state index is 14.5. The van der Waals surface area contributed by atoms with Gasteiger partial charge in [0.1, 0.15) is 22.9 Å². The summed E-state index contributed by atoms with van der Waals surface area (Å²) in [5.41, 5.74) is 2.64. The molecular formula is C17H15F2N3O2S. The van der Waals surface area contributed by atoms with Crippen molar-refractivity contribution in [3.63, 3.8) is 0 Å². The van der Waals surface area contributed by atoms with Crippen LogP contribution in [0.2, 0.25) is 0 Å². The lowest BCUT2D eigenvalue weighted by Crippen LogP contribution is -2.39. The van der Waals surface area contributed by atoms with E-state index in [9.17, 15) is 13.9 Å². The number of benzene rings is 1. The molecule has 1 fully saturated rings. The molecule has 1 aliphatic rings. The number of nitrogens with zero attached hydrogens (tertiary/aromatic N) is 3. The average Bonchev–Trinajstić information content (AvgIpc) is 3.13. The lowest BCUT2D eigenvalue weighted by Gasteiger charge is -2.34. The predicted octanol–water partition coefficient (Wildman–Crippen LogP) is 3.10. The maximum absolute atomic E-state index is 14.5. The van der Waals surface area contributed by atoms with Crippen molar-refractivity contribution in [3.05, 3.63) is 52.8 Å². The summed E-state index contributed by atoms with van der Waals surface area (Å²) in [5, 5.41) is 10.7. The van der Waals surface area contributed by atoms with E-state index in [2.05, 4.69) is 9.97 Å². The van der Waals surface area contributed by atoms with Crippen molar-refractivity contribution in [2.45, 2.75) is 6.04 Å². The molecule has 1 N–H and O–H groups in total. The summed E-state index contributed by atoms with van der Waals surface area (Å²) < 4.78 is 33.5. The number of pyridine rings is 1. The number of halogens is 2. The molecule has 130 valence electrons. The van der Waals surface area contributed by atoms with Crippen molar-refractivity contribution in [2.24, 2.45) is 0 Å². The number of hydrogen-bond acceptors (Lipinski definition) is 6. The van der Waals surface area contributed by atoms with E-state index in [1.807, 2.05) is 4.90 Å². The topological polar surface area (TPSA) is 58.5 Å². The van der Waals surface area contributed by atoms with Gasteiger partial charge >= 0.3 is 0 Å². The Morgan fingerprint density at radius 1 is 1.20 bits per heavy atom. The summed E-state index contributed by atoms with van der Waals surface area (Å²) in [6.07, 6.45) is 1.12. The molecule has 0 radical (unpaired) electrons. The molecule has 1 aromatic carbocycles. The van der Waals surface area contributed by atoms with Gasteiger partial charge in [0.2, 0.25) is 0 Å². The fourth-order valence-corrected chi connectivity index (χ4v) is 3.82. The van der Waals surface area contributed by atoms with Gasteiger partial charge in [0.05, 0.1) is 41.4 Å². The summed E-state index contributed by atoms with van der Waals surface area (Å²) in [6.45, 7) is 2.25. The fourth-order valence-electron chi connectivity index (χ4n) is 3.13. The lowest BCUT2D eigenvalue weighted by molar-refractivity contribution is 0.0228. The molecule has 1 atom stereocenters. The van der Waals surface area contributed by atoms with Crippen LogP contribution in [0.1, 0.15) is 17.3 Å². The van der Waals surface area contributed by atoms with Crippen molar-refractivity contribution in [2.75, 3.05) is 26.3 Å². The number of phenols is 1. The molecule has 0 aliphatic carbocycles. The van der Waals surface area contributed by atoms with E-state index >= 15 is 0 Å². The van der Waals surface area contributed by atoms with Crippen LogP contribution in [0.25, 0.3) is 10.2 Å². The third kappa shape index (κ3) is 2.97. The number of aromatic nitrogens is 2. The van der Waals surface area contributed by atoms with Gasteiger partial charge in [-0.1, -0.05) is 0 Å². The Balaban J connectivity index is 1.88. The molecule has 0 amide bonds. The highest BCUT2D eigenvalue weighted by Gasteiger charge is 2.30.